The molecule has 1 saturated carbocycles. The quantitative estimate of drug-likeness (QED) is 0.541. The van der Waals surface area contributed by atoms with Crippen molar-refractivity contribution in [1.29, 1.82) is 0 Å². The lowest BCUT2D eigenvalue weighted by Crippen LogP contribution is -2.18. The third-order valence-electron chi connectivity index (χ3n) is 5.43. The van der Waals surface area contributed by atoms with E-state index in [1.54, 1.807) is 6.07 Å². The number of alkyl halides is 3. The van der Waals surface area contributed by atoms with E-state index in [1.807, 2.05) is 23.9 Å². The Bertz CT molecular complexity index is 1090. The molecule has 1 N–H and O–H groups in total. The lowest BCUT2D eigenvalue weighted by molar-refractivity contribution is -0.141. The zero-order valence-corrected chi connectivity index (χ0v) is 17.2. The van der Waals surface area contributed by atoms with Gasteiger partial charge >= 0.3 is 6.18 Å². The lowest BCUT2D eigenvalue weighted by Gasteiger charge is -2.25. The van der Waals surface area contributed by atoms with Crippen LogP contribution in [0.1, 0.15) is 53.5 Å². The highest BCUT2D eigenvalue weighted by Crippen LogP contribution is 2.32. The van der Waals surface area contributed by atoms with Crippen LogP contribution in [0, 0.1) is 6.92 Å². The summed E-state index contributed by atoms with van der Waals surface area (Å²) in [6.45, 7) is 1.82. The van der Waals surface area contributed by atoms with Gasteiger partial charge in [-0.2, -0.15) is 30.9 Å². The van der Waals surface area contributed by atoms with Crippen molar-refractivity contribution in [2.24, 2.45) is 0 Å². The van der Waals surface area contributed by atoms with E-state index in [0.29, 0.717) is 17.0 Å². The molecule has 1 aliphatic rings. The summed E-state index contributed by atoms with van der Waals surface area (Å²) in [4.78, 5) is 15.9. The maximum absolute atomic E-state index is 12.9. The van der Waals surface area contributed by atoms with Gasteiger partial charge in [-0.05, 0) is 62.4 Å². The molecule has 0 unspecified atom stereocenters. The first-order valence-corrected chi connectivity index (χ1v) is 10.3. The van der Waals surface area contributed by atoms with Crippen LogP contribution in [-0.4, -0.2) is 25.9 Å². The minimum atomic E-state index is -4.61. The molecule has 0 atom stereocenters. The Morgan fingerprint density at radius 1 is 1.20 bits per heavy atom. The first-order valence-electron chi connectivity index (χ1n) is 9.74. The molecule has 5 nitrogen and oxygen atoms in total. The third kappa shape index (κ3) is 4.30. The van der Waals surface area contributed by atoms with E-state index in [2.05, 4.69) is 28.0 Å². The van der Waals surface area contributed by atoms with E-state index in [-0.39, 0.29) is 5.69 Å². The second kappa shape index (κ2) is 7.94. The van der Waals surface area contributed by atoms with Gasteiger partial charge in [0.15, 0.2) is 0 Å². The summed E-state index contributed by atoms with van der Waals surface area (Å²) in [5, 5.41) is 8.66. The summed E-state index contributed by atoms with van der Waals surface area (Å²) in [5.41, 5.74) is 0.719. The van der Waals surface area contributed by atoms with Crippen molar-refractivity contribution in [1.82, 2.24) is 14.8 Å². The number of nitrogens with zero attached hydrogens (tertiary/aromatic N) is 3. The molecule has 2 heterocycles. The number of carbonyl (C=O) groups excluding carboxylic acids is 1. The van der Waals surface area contributed by atoms with Gasteiger partial charge in [0, 0.05) is 22.5 Å². The number of pyridine rings is 1. The summed E-state index contributed by atoms with van der Waals surface area (Å²) in [7, 11) is 0. The molecular weight excluding hydrogens is 413 g/mol. The minimum absolute atomic E-state index is 0.288. The highest BCUT2D eigenvalue weighted by molar-refractivity contribution is 7.80. The van der Waals surface area contributed by atoms with Crippen LogP contribution >= 0.6 is 12.6 Å². The van der Waals surface area contributed by atoms with Gasteiger partial charge in [-0.15, -0.1) is 0 Å². The first kappa shape index (κ1) is 20.7. The third-order valence-corrected chi connectivity index (χ3v) is 5.95. The number of nitrogens with one attached hydrogen (secondary N) is 1. The number of anilines is 1. The zero-order chi connectivity index (χ0) is 21.5. The van der Waals surface area contributed by atoms with Crippen LogP contribution < -0.4 is 5.32 Å². The standard InChI is InChI=1S/C21H21F3N4OS/c1-12-9-18-13(11-28(27-18)14-5-7-15(30)8-6-14)10-17(12)26-20(29)16-3-2-4-19(25-16)21(22,23)24/h2-4,9-11,14-15,30H,5-8H2,1H3,(H,26,29). The van der Waals surface area contributed by atoms with Gasteiger partial charge in [0.25, 0.3) is 5.91 Å². The molecule has 1 aromatic carbocycles. The SMILES string of the molecule is Cc1cc2nn(C3CCC(S)CC3)cc2cc1NC(=O)c1cccc(C(F)(F)F)n1. The van der Waals surface area contributed by atoms with Crippen LogP contribution in [-0.2, 0) is 6.18 Å². The molecule has 0 radical (unpaired) electrons. The number of thiol groups is 1. The van der Waals surface area contributed by atoms with Crippen LogP contribution in [0.25, 0.3) is 10.9 Å². The van der Waals surface area contributed by atoms with Crippen LogP contribution in [0.15, 0.2) is 36.5 Å². The summed E-state index contributed by atoms with van der Waals surface area (Å²) >= 11 is 4.54. The van der Waals surface area contributed by atoms with Crippen LogP contribution in [0.4, 0.5) is 18.9 Å². The number of hydrogen-bond acceptors (Lipinski definition) is 4. The molecule has 158 valence electrons. The van der Waals surface area contributed by atoms with Gasteiger partial charge in [0.2, 0.25) is 0 Å². The van der Waals surface area contributed by atoms with E-state index in [0.717, 1.165) is 48.2 Å². The number of benzene rings is 1. The first-order chi connectivity index (χ1) is 14.2. The summed E-state index contributed by atoms with van der Waals surface area (Å²) < 4.78 is 40.6. The minimum Gasteiger partial charge on any atom is -0.320 e. The number of amides is 1. The van der Waals surface area contributed by atoms with Crippen molar-refractivity contribution in [2.75, 3.05) is 5.32 Å². The molecule has 0 bridgehead atoms. The molecule has 30 heavy (non-hydrogen) atoms. The number of fused-ring (bicyclic) bond motifs is 1. The zero-order valence-electron chi connectivity index (χ0n) is 16.3. The number of carbonyl (C=O) groups is 1. The number of aromatic nitrogens is 3. The van der Waals surface area contributed by atoms with Crippen molar-refractivity contribution in [3.8, 4) is 0 Å². The Kier molecular flexibility index (Phi) is 5.48. The molecule has 0 saturated heterocycles. The fourth-order valence-electron chi connectivity index (χ4n) is 3.75. The van der Waals surface area contributed by atoms with Crippen molar-refractivity contribution < 1.29 is 18.0 Å². The lowest BCUT2D eigenvalue weighted by atomic mass is 9.95. The molecule has 2 aromatic heterocycles. The van der Waals surface area contributed by atoms with Crippen LogP contribution in [0.2, 0.25) is 0 Å². The van der Waals surface area contributed by atoms with Gasteiger partial charge in [-0.1, -0.05) is 6.07 Å². The van der Waals surface area contributed by atoms with E-state index < -0.39 is 17.8 Å². The fraction of sp³-hybridized carbons (Fsp3) is 0.381. The second-order valence-electron chi connectivity index (χ2n) is 7.66. The Morgan fingerprint density at radius 3 is 2.63 bits per heavy atom. The van der Waals surface area contributed by atoms with E-state index in [4.69, 9.17) is 0 Å². The largest absolute Gasteiger partial charge is 0.433 e. The summed E-state index contributed by atoms with van der Waals surface area (Å²) in [6.07, 6.45) is 1.49. The second-order valence-corrected chi connectivity index (χ2v) is 8.39. The summed E-state index contributed by atoms with van der Waals surface area (Å²) in [6, 6.07) is 7.26. The predicted octanol–water partition coefficient (Wildman–Crippen LogP) is 5.42. The topological polar surface area (TPSA) is 59.8 Å². The van der Waals surface area contributed by atoms with E-state index in [9.17, 15) is 18.0 Å². The Balaban J connectivity index is 1.57. The molecule has 0 spiro atoms. The maximum Gasteiger partial charge on any atom is 0.433 e. The molecule has 9 heteroatoms. The Labute approximate surface area is 177 Å². The molecule has 1 fully saturated rings. The molecule has 3 aromatic rings. The highest BCUT2D eigenvalue weighted by atomic mass is 32.1. The fourth-order valence-corrected chi connectivity index (χ4v) is 4.04. The number of rotatable bonds is 3. The van der Waals surface area contributed by atoms with Gasteiger partial charge in [0.1, 0.15) is 11.4 Å². The number of halogens is 3. The van der Waals surface area contributed by atoms with Gasteiger partial charge in [-0.25, -0.2) is 4.98 Å². The Hall–Kier alpha value is -2.55. The molecule has 0 aliphatic heterocycles. The van der Waals surface area contributed by atoms with Gasteiger partial charge in [0.05, 0.1) is 11.6 Å². The van der Waals surface area contributed by atoms with Gasteiger partial charge in [-0.3, -0.25) is 9.48 Å². The predicted molar refractivity (Wildman–Crippen MR) is 112 cm³/mol. The van der Waals surface area contributed by atoms with Crippen LogP contribution in [0.5, 0.6) is 0 Å². The number of hydrogen-bond donors (Lipinski definition) is 2. The maximum atomic E-state index is 12.9. The van der Waals surface area contributed by atoms with E-state index >= 15 is 0 Å². The average molecular weight is 434 g/mol. The van der Waals surface area contributed by atoms with Crippen molar-refractivity contribution in [3.05, 3.63) is 53.5 Å². The normalized spacial score (nSPS) is 19.8. The van der Waals surface area contributed by atoms with Crippen molar-refractivity contribution in [2.45, 2.75) is 50.1 Å². The van der Waals surface area contributed by atoms with Gasteiger partial charge < -0.3 is 5.32 Å². The summed E-state index contributed by atoms with van der Waals surface area (Å²) in [5.74, 6) is -0.692. The molecule has 4 rings (SSSR count). The number of aryl methyl sites for hydroxylation is 1. The Morgan fingerprint density at radius 2 is 1.93 bits per heavy atom. The molecule has 1 aliphatic carbocycles. The molecular formula is C21H21F3N4OS. The van der Waals surface area contributed by atoms with E-state index in [1.165, 1.54) is 12.1 Å². The van der Waals surface area contributed by atoms with Crippen LogP contribution in [0.3, 0.4) is 0 Å². The smallest absolute Gasteiger partial charge is 0.320 e. The monoisotopic (exact) mass is 434 g/mol. The van der Waals surface area contributed by atoms with Crippen molar-refractivity contribution in [3.63, 3.8) is 0 Å². The highest BCUT2D eigenvalue weighted by Gasteiger charge is 2.33. The average Bonchev–Trinajstić information content (AvgIpc) is 3.11. The van der Waals surface area contributed by atoms with Crippen molar-refractivity contribution >= 4 is 35.1 Å². The molecule has 1 amide bonds.